The molecule has 6 nitrogen and oxygen atoms in total. The Kier molecular flexibility index (Phi) is 4.17. The molecule has 120 valence electrons. The zero-order chi connectivity index (χ0) is 15.5. The summed E-state index contributed by atoms with van der Waals surface area (Å²) in [5, 5.41) is 0. The average molecular weight is 312 g/mol. The molecule has 2 fully saturated rings. The lowest BCUT2D eigenvalue weighted by Crippen LogP contribution is -2.42. The van der Waals surface area contributed by atoms with Crippen LogP contribution < -0.4 is 4.90 Å². The molecular weight excluding hydrogens is 292 g/mol. The lowest BCUT2D eigenvalue weighted by Gasteiger charge is -2.32. The third kappa shape index (κ3) is 3.04. The summed E-state index contributed by atoms with van der Waals surface area (Å²) >= 11 is 0. The predicted molar refractivity (Wildman–Crippen MR) is 85.0 cm³/mol. The smallest absolute Gasteiger partial charge is 0.225 e. The molecule has 0 unspecified atom stereocenters. The van der Waals surface area contributed by atoms with Gasteiger partial charge in [-0.25, -0.2) is 9.97 Å². The number of hydrogen-bond donors (Lipinski definition) is 0. The van der Waals surface area contributed by atoms with E-state index in [-0.39, 0.29) is 12.2 Å². The summed E-state index contributed by atoms with van der Waals surface area (Å²) in [7, 11) is 0. The van der Waals surface area contributed by atoms with Crippen molar-refractivity contribution in [1.82, 2.24) is 15.0 Å². The van der Waals surface area contributed by atoms with Crippen molar-refractivity contribution in [3.05, 3.63) is 48.5 Å². The Morgan fingerprint density at radius 2 is 2.13 bits per heavy atom. The highest BCUT2D eigenvalue weighted by atomic mass is 16.5. The van der Waals surface area contributed by atoms with Crippen molar-refractivity contribution in [3.63, 3.8) is 0 Å². The highest BCUT2D eigenvalue weighted by Crippen LogP contribution is 2.33. The molecule has 2 aliphatic heterocycles. The van der Waals surface area contributed by atoms with Crippen LogP contribution in [0.15, 0.2) is 43.0 Å². The third-order valence-corrected chi connectivity index (χ3v) is 4.47. The van der Waals surface area contributed by atoms with E-state index >= 15 is 0 Å². The number of anilines is 1. The standard InChI is InChI=1S/C17H20N4O2/c1-4-13(10-18-6-1)12-23-15-11-21(17-19-7-3-8-20-17)14-5-2-9-22-16(14)15/h1,3-4,6-8,10,14-16H,2,5,9,11-12H2/t14-,15+,16+/m1/s1. The fourth-order valence-electron chi connectivity index (χ4n) is 3.41. The molecule has 0 saturated carbocycles. The fraction of sp³-hybridized carbons (Fsp3) is 0.471. The van der Waals surface area contributed by atoms with E-state index in [9.17, 15) is 0 Å². The number of nitrogens with zero attached hydrogens (tertiary/aromatic N) is 4. The number of rotatable bonds is 4. The number of aromatic nitrogens is 3. The predicted octanol–water partition coefficient (Wildman–Crippen LogP) is 1.82. The maximum Gasteiger partial charge on any atom is 0.225 e. The first-order valence-corrected chi connectivity index (χ1v) is 8.07. The van der Waals surface area contributed by atoms with E-state index in [0.717, 1.165) is 37.5 Å². The second kappa shape index (κ2) is 6.60. The molecule has 2 aromatic rings. The Bertz CT molecular complexity index is 625. The van der Waals surface area contributed by atoms with E-state index in [1.807, 2.05) is 24.4 Å². The van der Waals surface area contributed by atoms with E-state index < -0.39 is 0 Å². The first kappa shape index (κ1) is 14.5. The fourth-order valence-corrected chi connectivity index (χ4v) is 3.41. The highest BCUT2D eigenvalue weighted by Gasteiger charge is 2.45. The summed E-state index contributed by atoms with van der Waals surface area (Å²) in [5.41, 5.74) is 1.08. The Hall–Kier alpha value is -2.05. The molecule has 4 rings (SSSR count). The van der Waals surface area contributed by atoms with Crippen LogP contribution in [-0.4, -0.2) is 46.4 Å². The van der Waals surface area contributed by atoms with Gasteiger partial charge in [0.05, 0.1) is 19.2 Å². The molecule has 0 aliphatic carbocycles. The van der Waals surface area contributed by atoms with E-state index in [1.165, 1.54) is 0 Å². The first-order chi connectivity index (χ1) is 11.4. The molecule has 0 N–H and O–H groups in total. The summed E-state index contributed by atoms with van der Waals surface area (Å²) in [6, 6.07) is 6.09. The normalized spacial score (nSPS) is 27.0. The van der Waals surface area contributed by atoms with Crippen LogP contribution in [0.4, 0.5) is 5.95 Å². The van der Waals surface area contributed by atoms with E-state index in [1.54, 1.807) is 18.6 Å². The van der Waals surface area contributed by atoms with Crippen molar-refractivity contribution in [3.8, 4) is 0 Å². The van der Waals surface area contributed by atoms with Gasteiger partial charge in [-0.1, -0.05) is 6.07 Å². The quantitative estimate of drug-likeness (QED) is 0.858. The maximum atomic E-state index is 6.15. The van der Waals surface area contributed by atoms with Crippen LogP contribution in [0.1, 0.15) is 18.4 Å². The van der Waals surface area contributed by atoms with Crippen LogP contribution >= 0.6 is 0 Å². The molecule has 2 aromatic heterocycles. The summed E-state index contributed by atoms with van der Waals surface area (Å²) in [6.07, 6.45) is 9.46. The van der Waals surface area contributed by atoms with Gasteiger partial charge in [0.2, 0.25) is 5.95 Å². The molecule has 0 spiro atoms. The van der Waals surface area contributed by atoms with Crippen LogP contribution in [0.2, 0.25) is 0 Å². The molecule has 4 heterocycles. The van der Waals surface area contributed by atoms with Gasteiger partial charge in [-0.15, -0.1) is 0 Å². The van der Waals surface area contributed by atoms with Crippen LogP contribution in [0.25, 0.3) is 0 Å². The average Bonchev–Trinajstić information content (AvgIpc) is 3.01. The van der Waals surface area contributed by atoms with Crippen molar-refractivity contribution in [2.75, 3.05) is 18.1 Å². The Balaban J connectivity index is 1.49. The number of pyridine rings is 1. The van der Waals surface area contributed by atoms with Gasteiger partial charge < -0.3 is 14.4 Å². The van der Waals surface area contributed by atoms with Crippen LogP contribution in [-0.2, 0) is 16.1 Å². The Morgan fingerprint density at radius 1 is 1.22 bits per heavy atom. The lowest BCUT2D eigenvalue weighted by molar-refractivity contribution is -0.0784. The molecular formula is C17H20N4O2. The Morgan fingerprint density at radius 3 is 2.96 bits per heavy atom. The summed E-state index contributed by atoms with van der Waals surface area (Å²) in [5.74, 6) is 0.764. The lowest BCUT2D eigenvalue weighted by atomic mass is 10.0. The minimum absolute atomic E-state index is 0.0318. The minimum atomic E-state index is 0.0318. The van der Waals surface area contributed by atoms with Crippen molar-refractivity contribution in [1.29, 1.82) is 0 Å². The second-order valence-corrected chi connectivity index (χ2v) is 5.96. The second-order valence-electron chi connectivity index (χ2n) is 5.96. The molecule has 0 radical (unpaired) electrons. The monoisotopic (exact) mass is 312 g/mol. The summed E-state index contributed by atoms with van der Waals surface area (Å²) < 4.78 is 12.2. The largest absolute Gasteiger partial charge is 0.373 e. The van der Waals surface area contributed by atoms with Crippen LogP contribution in [0.3, 0.4) is 0 Å². The third-order valence-electron chi connectivity index (χ3n) is 4.47. The molecule has 0 bridgehead atoms. The molecule has 0 amide bonds. The Labute approximate surface area is 135 Å². The number of hydrogen-bond acceptors (Lipinski definition) is 6. The van der Waals surface area contributed by atoms with Crippen molar-refractivity contribution in [2.45, 2.75) is 37.7 Å². The first-order valence-electron chi connectivity index (χ1n) is 8.07. The van der Waals surface area contributed by atoms with Crippen LogP contribution in [0.5, 0.6) is 0 Å². The molecule has 6 heteroatoms. The van der Waals surface area contributed by atoms with Gasteiger partial charge in [-0.05, 0) is 30.5 Å². The SMILES string of the molecule is c1cnc(N2C[C@H](OCc3cccnc3)[C@H]3OCCC[C@H]32)nc1. The molecule has 23 heavy (non-hydrogen) atoms. The summed E-state index contributed by atoms with van der Waals surface area (Å²) in [4.78, 5) is 15.2. The molecule has 2 aliphatic rings. The van der Waals surface area contributed by atoms with Gasteiger partial charge in [0, 0.05) is 31.4 Å². The van der Waals surface area contributed by atoms with Gasteiger partial charge in [0.1, 0.15) is 12.2 Å². The zero-order valence-corrected chi connectivity index (χ0v) is 12.9. The van der Waals surface area contributed by atoms with Crippen molar-refractivity contribution < 1.29 is 9.47 Å². The molecule has 0 aromatic carbocycles. The van der Waals surface area contributed by atoms with Gasteiger partial charge in [-0.2, -0.15) is 0 Å². The van der Waals surface area contributed by atoms with Crippen molar-refractivity contribution >= 4 is 5.95 Å². The topological polar surface area (TPSA) is 60.4 Å². The van der Waals surface area contributed by atoms with E-state index in [4.69, 9.17) is 9.47 Å². The zero-order valence-electron chi connectivity index (χ0n) is 12.9. The highest BCUT2D eigenvalue weighted by molar-refractivity contribution is 5.35. The van der Waals surface area contributed by atoms with Gasteiger partial charge in [-0.3, -0.25) is 4.98 Å². The van der Waals surface area contributed by atoms with E-state index in [2.05, 4.69) is 19.9 Å². The van der Waals surface area contributed by atoms with Gasteiger partial charge >= 0.3 is 0 Å². The van der Waals surface area contributed by atoms with Gasteiger partial charge in [0.25, 0.3) is 0 Å². The number of fused-ring (bicyclic) bond motifs is 1. The summed E-state index contributed by atoms with van der Waals surface area (Å²) in [6.45, 7) is 2.12. The number of ether oxygens (including phenoxy) is 2. The molecule has 3 atom stereocenters. The van der Waals surface area contributed by atoms with Crippen LogP contribution in [0, 0.1) is 0 Å². The van der Waals surface area contributed by atoms with E-state index in [0.29, 0.717) is 12.6 Å². The van der Waals surface area contributed by atoms with Crippen molar-refractivity contribution in [2.24, 2.45) is 0 Å². The molecule has 2 saturated heterocycles. The van der Waals surface area contributed by atoms with Gasteiger partial charge in [0.15, 0.2) is 0 Å². The maximum absolute atomic E-state index is 6.15. The minimum Gasteiger partial charge on any atom is -0.373 e.